The van der Waals surface area contributed by atoms with Crippen LogP contribution in [0.4, 0.5) is 10.2 Å². The summed E-state index contributed by atoms with van der Waals surface area (Å²) < 4.78 is 16.5. The van der Waals surface area contributed by atoms with Gasteiger partial charge in [-0.05, 0) is 69.5 Å². The van der Waals surface area contributed by atoms with E-state index in [9.17, 15) is 9.18 Å². The fraction of sp³-hybridized carbons (Fsp3) is 0.435. The van der Waals surface area contributed by atoms with Gasteiger partial charge in [-0.2, -0.15) is 0 Å². The summed E-state index contributed by atoms with van der Waals surface area (Å²) in [6.07, 6.45) is 6.39. The van der Waals surface area contributed by atoms with Crippen LogP contribution in [-0.2, 0) is 0 Å². The van der Waals surface area contributed by atoms with Crippen LogP contribution in [0.25, 0.3) is 16.9 Å². The normalized spacial score (nSPS) is 19.1. The van der Waals surface area contributed by atoms with Crippen molar-refractivity contribution in [3.8, 4) is 11.3 Å². The third-order valence-corrected chi connectivity index (χ3v) is 6.31. The first kappa shape index (κ1) is 19.9. The fourth-order valence-electron chi connectivity index (χ4n) is 4.14. The van der Waals surface area contributed by atoms with Crippen LogP contribution >= 0.6 is 0 Å². The van der Waals surface area contributed by atoms with Gasteiger partial charge in [0.25, 0.3) is 5.91 Å². The maximum absolute atomic E-state index is 14.8. The minimum atomic E-state index is -0.548. The van der Waals surface area contributed by atoms with Crippen molar-refractivity contribution in [1.82, 2.24) is 24.8 Å². The molecule has 1 saturated heterocycles. The molecule has 0 radical (unpaired) electrons. The SMILES string of the molecule is CN1CCCC1CNC(=O)c1ccc(-c2cnc3ccc(NCC4CC4)nn23)cc1F. The second kappa shape index (κ2) is 8.26. The number of hydrogen-bond donors (Lipinski definition) is 2. The molecule has 1 aliphatic heterocycles. The minimum absolute atomic E-state index is 0.0537. The predicted octanol–water partition coefficient (Wildman–Crippen LogP) is 3.18. The van der Waals surface area contributed by atoms with Crippen LogP contribution in [0.2, 0.25) is 0 Å². The van der Waals surface area contributed by atoms with Crippen LogP contribution in [0.5, 0.6) is 0 Å². The second-order valence-corrected chi connectivity index (χ2v) is 8.64. The Balaban J connectivity index is 1.33. The molecule has 1 saturated carbocycles. The number of imidazole rings is 1. The molecule has 1 unspecified atom stereocenters. The Kier molecular flexibility index (Phi) is 5.31. The van der Waals surface area contributed by atoms with Gasteiger partial charge in [-0.1, -0.05) is 6.07 Å². The molecule has 31 heavy (non-hydrogen) atoms. The zero-order valence-corrected chi connectivity index (χ0v) is 17.6. The van der Waals surface area contributed by atoms with Crippen molar-refractivity contribution < 1.29 is 9.18 Å². The summed E-state index contributed by atoms with van der Waals surface area (Å²) in [5.74, 6) is 0.577. The van der Waals surface area contributed by atoms with E-state index in [0.717, 1.165) is 37.7 Å². The van der Waals surface area contributed by atoms with Crippen molar-refractivity contribution in [2.75, 3.05) is 32.0 Å². The Bertz CT molecular complexity index is 1110. The summed E-state index contributed by atoms with van der Waals surface area (Å²) in [5.41, 5.74) is 2.06. The lowest BCUT2D eigenvalue weighted by Crippen LogP contribution is -2.38. The first-order valence-electron chi connectivity index (χ1n) is 11.0. The molecule has 2 aromatic heterocycles. The Labute approximate surface area is 180 Å². The molecule has 0 bridgehead atoms. The molecule has 8 heteroatoms. The molecule has 7 nitrogen and oxygen atoms in total. The van der Waals surface area contributed by atoms with Gasteiger partial charge in [0.05, 0.1) is 17.5 Å². The number of likely N-dealkylation sites (tertiary alicyclic amines) is 1. The van der Waals surface area contributed by atoms with Crippen LogP contribution in [0.3, 0.4) is 0 Å². The molecular formula is C23H27FN6O. The zero-order chi connectivity index (χ0) is 21.4. The van der Waals surface area contributed by atoms with Gasteiger partial charge < -0.3 is 15.5 Å². The summed E-state index contributed by atoms with van der Waals surface area (Å²) in [6.45, 7) is 2.48. The molecule has 1 aromatic carbocycles. The number of nitrogens with one attached hydrogen (secondary N) is 2. The number of benzene rings is 1. The van der Waals surface area contributed by atoms with Gasteiger partial charge in [0.1, 0.15) is 11.6 Å². The number of nitrogens with zero attached hydrogens (tertiary/aromatic N) is 4. The number of halogens is 1. The Morgan fingerprint density at radius 1 is 1.19 bits per heavy atom. The lowest BCUT2D eigenvalue weighted by molar-refractivity contribution is 0.0939. The molecule has 1 aliphatic carbocycles. The highest BCUT2D eigenvalue weighted by Crippen LogP contribution is 2.29. The Hall–Kier alpha value is -3.00. The Morgan fingerprint density at radius 3 is 2.81 bits per heavy atom. The topological polar surface area (TPSA) is 74.6 Å². The monoisotopic (exact) mass is 422 g/mol. The van der Waals surface area contributed by atoms with Gasteiger partial charge in [0.2, 0.25) is 0 Å². The summed E-state index contributed by atoms with van der Waals surface area (Å²) in [7, 11) is 2.05. The highest BCUT2D eigenvalue weighted by Gasteiger charge is 2.23. The van der Waals surface area contributed by atoms with Crippen molar-refractivity contribution >= 4 is 17.4 Å². The molecule has 0 spiro atoms. The van der Waals surface area contributed by atoms with E-state index in [1.807, 2.05) is 12.1 Å². The van der Waals surface area contributed by atoms with Crippen molar-refractivity contribution in [2.45, 2.75) is 31.7 Å². The molecule has 1 atom stereocenters. The van der Waals surface area contributed by atoms with E-state index in [-0.39, 0.29) is 11.5 Å². The van der Waals surface area contributed by atoms with Gasteiger partial charge in [0, 0.05) is 24.7 Å². The third-order valence-electron chi connectivity index (χ3n) is 6.31. The molecule has 2 N–H and O–H groups in total. The first-order valence-corrected chi connectivity index (χ1v) is 11.0. The number of rotatable bonds is 7. The van der Waals surface area contributed by atoms with Crippen molar-refractivity contribution in [1.29, 1.82) is 0 Å². The predicted molar refractivity (Wildman–Crippen MR) is 118 cm³/mol. The van der Waals surface area contributed by atoms with Crippen molar-refractivity contribution in [2.24, 2.45) is 5.92 Å². The highest BCUT2D eigenvalue weighted by molar-refractivity contribution is 5.95. The van der Waals surface area contributed by atoms with Gasteiger partial charge in [0.15, 0.2) is 5.65 Å². The molecule has 162 valence electrons. The number of aromatic nitrogens is 3. The van der Waals surface area contributed by atoms with Gasteiger partial charge in [-0.3, -0.25) is 4.79 Å². The van der Waals surface area contributed by atoms with Gasteiger partial charge in [-0.25, -0.2) is 13.9 Å². The molecular weight excluding hydrogens is 395 g/mol. The summed E-state index contributed by atoms with van der Waals surface area (Å²) in [5, 5.41) is 10.8. The van der Waals surface area contributed by atoms with Crippen molar-refractivity contribution in [3.05, 3.63) is 47.9 Å². The highest BCUT2D eigenvalue weighted by atomic mass is 19.1. The first-order chi connectivity index (χ1) is 15.1. The lowest BCUT2D eigenvalue weighted by atomic mass is 10.1. The molecule has 1 amide bonds. The number of hydrogen-bond acceptors (Lipinski definition) is 5. The second-order valence-electron chi connectivity index (χ2n) is 8.64. The average Bonchev–Trinajstić information content (AvgIpc) is 3.37. The maximum Gasteiger partial charge on any atom is 0.254 e. The molecule has 2 fully saturated rings. The molecule has 3 heterocycles. The van der Waals surface area contributed by atoms with E-state index in [0.29, 0.717) is 29.5 Å². The number of anilines is 1. The Morgan fingerprint density at radius 2 is 2.06 bits per heavy atom. The van der Waals surface area contributed by atoms with Gasteiger partial charge >= 0.3 is 0 Å². The average molecular weight is 423 g/mol. The number of fused-ring (bicyclic) bond motifs is 1. The van der Waals surface area contributed by atoms with Crippen LogP contribution in [0.1, 0.15) is 36.0 Å². The number of carbonyl (C=O) groups excluding carboxylic acids is 1. The quantitative estimate of drug-likeness (QED) is 0.612. The zero-order valence-electron chi connectivity index (χ0n) is 17.6. The molecule has 5 rings (SSSR count). The number of carbonyl (C=O) groups is 1. The standard InChI is InChI=1S/C23H27FN6O/c1-29-10-2-3-17(29)13-27-23(31)18-7-6-16(11-19(18)24)20-14-26-22-9-8-21(28-30(20)22)25-12-15-4-5-15/h6-9,11,14-15,17H,2-5,10,12-13H2,1H3,(H,25,28)(H,27,31). The smallest absolute Gasteiger partial charge is 0.254 e. The van der Waals surface area contributed by atoms with E-state index in [4.69, 9.17) is 0 Å². The van der Waals surface area contributed by atoms with Crippen LogP contribution < -0.4 is 10.6 Å². The fourth-order valence-corrected chi connectivity index (χ4v) is 4.14. The summed E-state index contributed by atoms with van der Waals surface area (Å²) in [6, 6.07) is 8.78. The maximum atomic E-state index is 14.8. The third kappa shape index (κ3) is 4.25. The van der Waals surface area contributed by atoms with Crippen LogP contribution in [0, 0.1) is 11.7 Å². The molecule has 3 aromatic rings. The van der Waals surface area contributed by atoms with Crippen LogP contribution in [-0.4, -0.2) is 58.1 Å². The van der Waals surface area contributed by atoms with E-state index in [1.165, 1.54) is 25.0 Å². The summed E-state index contributed by atoms with van der Waals surface area (Å²) in [4.78, 5) is 19.1. The summed E-state index contributed by atoms with van der Waals surface area (Å²) >= 11 is 0. The van der Waals surface area contributed by atoms with E-state index in [2.05, 4.69) is 32.7 Å². The van der Waals surface area contributed by atoms with E-state index in [1.54, 1.807) is 16.8 Å². The molecule has 2 aliphatic rings. The number of amides is 1. The minimum Gasteiger partial charge on any atom is -0.368 e. The van der Waals surface area contributed by atoms with Gasteiger partial charge in [-0.15, -0.1) is 5.10 Å². The van der Waals surface area contributed by atoms with E-state index >= 15 is 0 Å². The number of likely N-dealkylation sites (N-methyl/N-ethyl adjacent to an activating group) is 1. The lowest BCUT2D eigenvalue weighted by Gasteiger charge is -2.19. The van der Waals surface area contributed by atoms with Crippen LogP contribution in [0.15, 0.2) is 36.5 Å². The van der Waals surface area contributed by atoms with E-state index < -0.39 is 5.82 Å². The largest absolute Gasteiger partial charge is 0.368 e. The van der Waals surface area contributed by atoms with Crippen molar-refractivity contribution in [3.63, 3.8) is 0 Å².